The second-order valence-corrected chi connectivity index (χ2v) is 4.97. The first-order chi connectivity index (χ1) is 8.22. The number of aliphatic hydroxyl groups is 1. The number of aliphatic hydroxyl groups excluding tert-OH is 1. The highest BCUT2D eigenvalue weighted by Crippen LogP contribution is 2.34. The molecule has 1 aliphatic heterocycles. The lowest BCUT2D eigenvalue weighted by Crippen LogP contribution is -2.29. The third-order valence-electron chi connectivity index (χ3n) is 3.35. The predicted molar refractivity (Wildman–Crippen MR) is 72.6 cm³/mol. The molecule has 1 fully saturated rings. The molecule has 0 bridgehead atoms. The highest BCUT2D eigenvalue weighted by molar-refractivity contribution is 6.33. The number of benzene rings is 1. The first-order valence-electron chi connectivity index (χ1n) is 6.15. The van der Waals surface area contributed by atoms with Crippen molar-refractivity contribution in [2.24, 2.45) is 0 Å². The molecule has 0 aliphatic carbocycles. The van der Waals surface area contributed by atoms with Gasteiger partial charge in [-0.1, -0.05) is 11.6 Å². The molecule has 1 heterocycles. The minimum absolute atomic E-state index is 0.264. The van der Waals surface area contributed by atoms with Gasteiger partial charge in [0.05, 0.1) is 10.7 Å². The summed E-state index contributed by atoms with van der Waals surface area (Å²) in [5.74, 6) is 0. The minimum atomic E-state index is 0.264. The zero-order valence-electron chi connectivity index (χ0n) is 9.90. The average Bonchev–Trinajstić information content (AvgIpc) is 2.74. The van der Waals surface area contributed by atoms with E-state index in [1.165, 1.54) is 12.8 Å². The van der Waals surface area contributed by atoms with Crippen LogP contribution in [-0.2, 0) is 0 Å². The Labute approximate surface area is 107 Å². The molecule has 3 N–H and O–H groups in total. The molecule has 1 aliphatic rings. The highest BCUT2D eigenvalue weighted by atomic mass is 35.5. The Kier molecular flexibility index (Phi) is 4.13. The van der Waals surface area contributed by atoms with Gasteiger partial charge < -0.3 is 15.7 Å². The molecule has 3 nitrogen and oxygen atoms in total. The van der Waals surface area contributed by atoms with Crippen LogP contribution in [0.1, 0.15) is 25.7 Å². The van der Waals surface area contributed by atoms with E-state index in [0.29, 0.717) is 11.7 Å². The summed E-state index contributed by atoms with van der Waals surface area (Å²) in [7, 11) is 0. The van der Waals surface area contributed by atoms with E-state index in [4.69, 9.17) is 22.4 Å². The largest absolute Gasteiger partial charge is 0.399 e. The van der Waals surface area contributed by atoms with Crippen molar-refractivity contribution in [3.05, 3.63) is 23.2 Å². The van der Waals surface area contributed by atoms with Crippen molar-refractivity contribution in [1.29, 1.82) is 0 Å². The van der Waals surface area contributed by atoms with E-state index in [-0.39, 0.29) is 6.61 Å². The lowest BCUT2D eigenvalue weighted by Gasteiger charge is -2.27. The Bertz CT molecular complexity index is 384. The van der Waals surface area contributed by atoms with Crippen LogP contribution in [0.5, 0.6) is 0 Å². The molecule has 0 radical (unpaired) electrons. The van der Waals surface area contributed by atoms with Gasteiger partial charge in [-0.3, -0.25) is 0 Å². The summed E-state index contributed by atoms with van der Waals surface area (Å²) in [5, 5.41) is 9.64. The monoisotopic (exact) mass is 254 g/mol. The van der Waals surface area contributed by atoms with E-state index in [2.05, 4.69) is 4.90 Å². The van der Waals surface area contributed by atoms with Crippen LogP contribution < -0.4 is 10.6 Å². The minimum Gasteiger partial charge on any atom is -0.399 e. The molecule has 0 saturated carbocycles. The molecule has 0 aromatic heterocycles. The third-order valence-corrected chi connectivity index (χ3v) is 3.66. The van der Waals surface area contributed by atoms with Gasteiger partial charge in [-0.15, -0.1) is 0 Å². The first kappa shape index (κ1) is 12.5. The topological polar surface area (TPSA) is 49.5 Å². The lowest BCUT2D eigenvalue weighted by atomic mass is 10.1. The van der Waals surface area contributed by atoms with Crippen LogP contribution in [0.25, 0.3) is 0 Å². The van der Waals surface area contributed by atoms with Gasteiger partial charge >= 0.3 is 0 Å². The molecule has 1 atom stereocenters. The van der Waals surface area contributed by atoms with Crippen molar-refractivity contribution in [3.63, 3.8) is 0 Å². The molecule has 1 aromatic carbocycles. The maximum absolute atomic E-state index is 8.91. The summed E-state index contributed by atoms with van der Waals surface area (Å²) in [6.07, 6.45) is 4.25. The van der Waals surface area contributed by atoms with E-state index in [9.17, 15) is 0 Å². The van der Waals surface area contributed by atoms with Gasteiger partial charge in [0.1, 0.15) is 0 Å². The second kappa shape index (κ2) is 5.61. The van der Waals surface area contributed by atoms with E-state index in [1.807, 2.05) is 12.1 Å². The number of hydrogen-bond acceptors (Lipinski definition) is 3. The number of anilines is 2. The Balaban J connectivity index is 2.14. The molecular formula is C13H19ClN2O. The molecule has 94 valence electrons. The summed E-state index contributed by atoms with van der Waals surface area (Å²) in [4.78, 5) is 2.34. The molecule has 1 unspecified atom stereocenters. The van der Waals surface area contributed by atoms with E-state index < -0.39 is 0 Å². The molecular weight excluding hydrogens is 236 g/mol. The van der Waals surface area contributed by atoms with Crippen LogP contribution in [-0.4, -0.2) is 24.3 Å². The zero-order chi connectivity index (χ0) is 12.3. The Hall–Kier alpha value is -0.930. The van der Waals surface area contributed by atoms with Gasteiger partial charge in [0.2, 0.25) is 0 Å². The number of nitrogens with two attached hydrogens (primary N) is 1. The van der Waals surface area contributed by atoms with Crippen molar-refractivity contribution in [2.75, 3.05) is 23.8 Å². The number of rotatable bonds is 4. The zero-order valence-corrected chi connectivity index (χ0v) is 10.7. The Morgan fingerprint density at radius 3 is 3.00 bits per heavy atom. The van der Waals surface area contributed by atoms with Crippen molar-refractivity contribution < 1.29 is 5.11 Å². The summed E-state index contributed by atoms with van der Waals surface area (Å²) in [6.45, 7) is 1.31. The van der Waals surface area contributed by atoms with Crippen molar-refractivity contribution in [3.8, 4) is 0 Å². The SMILES string of the molecule is Nc1ccc(N2CCCC2CCCO)c(Cl)c1. The van der Waals surface area contributed by atoms with Crippen LogP contribution in [0.4, 0.5) is 11.4 Å². The summed E-state index contributed by atoms with van der Waals surface area (Å²) in [6, 6.07) is 6.19. The third kappa shape index (κ3) is 2.85. The Morgan fingerprint density at radius 1 is 1.47 bits per heavy atom. The van der Waals surface area contributed by atoms with E-state index >= 15 is 0 Å². The van der Waals surface area contributed by atoms with Crippen molar-refractivity contribution in [1.82, 2.24) is 0 Å². The average molecular weight is 255 g/mol. The van der Waals surface area contributed by atoms with Crippen LogP contribution >= 0.6 is 11.6 Å². The molecule has 17 heavy (non-hydrogen) atoms. The van der Waals surface area contributed by atoms with Gasteiger partial charge in [0.25, 0.3) is 0 Å². The Morgan fingerprint density at radius 2 is 2.29 bits per heavy atom. The second-order valence-electron chi connectivity index (χ2n) is 4.57. The summed E-state index contributed by atoms with van der Waals surface area (Å²) in [5.41, 5.74) is 7.47. The van der Waals surface area contributed by atoms with Gasteiger partial charge in [0, 0.05) is 24.9 Å². The van der Waals surface area contributed by atoms with Crippen molar-refractivity contribution >= 4 is 23.0 Å². The van der Waals surface area contributed by atoms with E-state index in [0.717, 1.165) is 30.1 Å². The smallest absolute Gasteiger partial charge is 0.0660 e. The fourth-order valence-corrected chi connectivity index (χ4v) is 2.83. The quantitative estimate of drug-likeness (QED) is 0.813. The number of nitrogens with zero attached hydrogens (tertiary/aromatic N) is 1. The van der Waals surface area contributed by atoms with Crippen LogP contribution in [0.2, 0.25) is 5.02 Å². The lowest BCUT2D eigenvalue weighted by molar-refractivity contribution is 0.279. The predicted octanol–water partition coefficient (Wildman–Crippen LogP) is 2.66. The maximum Gasteiger partial charge on any atom is 0.0660 e. The molecule has 1 aromatic rings. The van der Waals surface area contributed by atoms with E-state index in [1.54, 1.807) is 6.07 Å². The van der Waals surface area contributed by atoms with Gasteiger partial charge in [-0.05, 0) is 43.9 Å². The maximum atomic E-state index is 8.91. The summed E-state index contributed by atoms with van der Waals surface area (Å²) >= 11 is 6.24. The van der Waals surface area contributed by atoms with Gasteiger partial charge in [-0.2, -0.15) is 0 Å². The fraction of sp³-hybridized carbons (Fsp3) is 0.538. The van der Waals surface area contributed by atoms with Crippen LogP contribution in [0.3, 0.4) is 0 Å². The standard InChI is InChI=1S/C13H19ClN2O/c14-12-9-10(15)5-6-13(12)16-7-1-3-11(16)4-2-8-17/h5-6,9,11,17H,1-4,7-8,15H2. The number of nitrogen functional groups attached to an aromatic ring is 1. The van der Waals surface area contributed by atoms with Crippen LogP contribution in [0, 0.1) is 0 Å². The highest BCUT2D eigenvalue weighted by Gasteiger charge is 2.25. The summed E-state index contributed by atoms with van der Waals surface area (Å²) < 4.78 is 0. The van der Waals surface area contributed by atoms with Crippen LogP contribution in [0.15, 0.2) is 18.2 Å². The number of halogens is 1. The van der Waals surface area contributed by atoms with Gasteiger partial charge in [-0.25, -0.2) is 0 Å². The number of hydrogen-bond donors (Lipinski definition) is 2. The molecule has 0 amide bonds. The van der Waals surface area contributed by atoms with Crippen molar-refractivity contribution in [2.45, 2.75) is 31.7 Å². The fourth-order valence-electron chi connectivity index (χ4n) is 2.54. The van der Waals surface area contributed by atoms with Gasteiger partial charge in [0.15, 0.2) is 0 Å². The molecule has 1 saturated heterocycles. The first-order valence-corrected chi connectivity index (χ1v) is 6.52. The molecule has 0 spiro atoms. The normalized spacial score (nSPS) is 19.9. The molecule has 2 rings (SSSR count). The molecule has 4 heteroatoms.